The highest BCUT2D eigenvalue weighted by Gasteiger charge is 2.10. The Kier molecular flexibility index (Phi) is 2.42. The predicted octanol–water partition coefficient (Wildman–Crippen LogP) is 3.21. The van der Waals surface area contributed by atoms with Gasteiger partial charge < -0.3 is 5.32 Å². The van der Waals surface area contributed by atoms with Crippen molar-refractivity contribution in [1.82, 2.24) is 4.98 Å². The fraction of sp³-hybridized carbons (Fsp3) is 0.364. The number of nitrogens with one attached hydrogen (secondary N) is 1. The van der Waals surface area contributed by atoms with Crippen molar-refractivity contribution in [3.05, 3.63) is 22.7 Å². The van der Waals surface area contributed by atoms with Crippen LogP contribution < -0.4 is 5.32 Å². The number of thiophene rings is 1. The maximum Gasteiger partial charge on any atom is 0.0834 e. The summed E-state index contributed by atoms with van der Waals surface area (Å²) in [6.45, 7) is 4.25. The Labute approximate surface area is 88.0 Å². The van der Waals surface area contributed by atoms with Gasteiger partial charge in [0.2, 0.25) is 0 Å². The number of aryl methyl sites for hydroxylation is 1. The summed E-state index contributed by atoms with van der Waals surface area (Å²) in [5, 5.41) is 5.38. The monoisotopic (exact) mass is 206 g/mol. The number of anilines is 1. The molecule has 14 heavy (non-hydrogen) atoms. The number of aromatic nitrogens is 1. The summed E-state index contributed by atoms with van der Waals surface area (Å²) < 4.78 is 1.27. The first-order valence-corrected chi connectivity index (χ1v) is 5.70. The minimum atomic E-state index is 1.03. The lowest BCUT2D eigenvalue weighted by atomic mass is 10.1. The van der Waals surface area contributed by atoms with Crippen LogP contribution in [0.4, 0.5) is 5.69 Å². The molecule has 0 bridgehead atoms. The molecule has 0 aliphatic carbocycles. The van der Waals surface area contributed by atoms with Gasteiger partial charge in [0.15, 0.2) is 0 Å². The van der Waals surface area contributed by atoms with Crippen molar-refractivity contribution in [3.63, 3.8) is 0 Å². The van der Waals surface area contributed by atoms with E-state index in [2.05, 4.69) is 35.6 Å². The van der Waals surface area contributed by atoms with E-state index in [1.165, 1.54) is 16.0 Å². The molecular formula is C11H14N2S. The molecule has 0 radical (unpaired) electrons. The van der Waals surface area contributed by atoms with Crippen molar-refractivity contribution in [2.75, 3.05) is 12.4 Å². The summed E-state index contributed by atoms with van der Waals surface area (Å²) in [6, 6.07) is 2.08. The molecule has 0 aliphatic rings. The molecule has 0 unspecified atom stereocenters. The van der Waals surface area contributed by atoms with E-state index in [0.717, 1.165) is 17.6 Å². The lowest BCUT2D eigenvalue weighted by Gasteiger charge is -2.10. The molecule has 0 saturated carbocycles. The SMILES string of the molecule is CCc1c(C)nc2ccsc2c1NC. The molecule has 0 amide bonds. The Hall–Kier alpha value is -1.09. The van der Waals surface area contributed by atoms with Crippen LogP contribution >= 0.6 is 11.3 Å². The van der Waals surface area contributed by atoms with Crippen molar-refractivity contribution >= 4 is 27.2 Å². The van der Waals surface area contributed by atoms with E-state index in [1.54, 1.807) is 11.3 Å². The Morgan fingerprint density at radius 2 is 2.29 bits per heavy atom. The standard InChI is InChI=1S/C11H14N2S/c1-4-8-7(2)13-9-5-6-14-11(9)10(8)12-3/h5-6H,4H2,1-3H3,(H,12,13). The first-order chi connectivity index (χ1) is 6.77. The molecule has 0 saturated heterocycles. The molecule has 2 heterocycles. The highest BCUT2D eigenvalue weighted by Crippen LogP contribution is 2.32. The molecule has 1 N–H and O–H groups in total. The quantitative estimate of drug-likeness (QED) is 0.816. The van der Waals surface area contributed by atoms with Gasteiger partial charge in [-0.25, -0.2) is 0 Å². The summed E-state index contributed by atoms with van der Waals surface area (Å²) in [4.78, 5) is 4.59. The van der Waals surface area contributed by atoms with Gasteiger partial charge in [0.25, 0.3) is 0 Å². The molecule has 0 fully saturated rings. The van der Waals surface area contributed by atoms with Crippen LogP contribution in [-0.2, 0) is 6.42 Å². The zero-order valence-corrected chi connectivity index (χ0v) is 9.53. The van der Waals surface area contributed by atoms with Gasteiger partial charge in [-0.15, -0.1) is 11.3 Å². The second-order valence-electron chi connectivity index (χ2n) is 3.29. The summed E-state index contributed by atoms with van der Waals surface area (Å²) in [7, 11) is 1.98. The molecule has 0 atom stereocenters. The molecule has 74 valence electrons. The third-order valence-corrected chi connectivity index (χ3v) is 3.42. The number of hydrogen-bond donors (Lipinski definition) is 1. The van der Waals surface area contributed by atoms with E-state index in [1.807, 2.05) is 7.05 Å². The molecule has 2 rings (SSSR count). The van der Waals surface area contributed by atoms with Crippen molar-refractivity contribution < 1.29 is 0 Å². The van der Waals surface area contributed by atoms with Crippen LogP contribution in [0.25, 0.3) is 10.2 Å². The van der Waals surface area contributed by atoms with Gasteiger partial charge >= 0.3 is 0 Å². The molecule has 3 heteroatoms. The Balaban J connectivity index is 2.82. The fourth-order valence-electron chi connectivity index (χ4n) is 1.84. The zero-order chi connectivity index (χ0) is 10.1. The number of rotatable bonds is 2. The minimum Gasteiger partial charge on any atom is -0.387 e. The topological polar surface area (TPSA) is 24.9 Å². The van der Waals surface area contributed by atoms with Crippen LogP contribution in [0.2, 0.25) is 0 Å². The molecule has 2 aromatic rings. The summed E-state index contributed by atoms with van der Waals surface area (Å²) >= 11 is 1.75. The van der Waals surface area contributed by atoms with E-state index in [4.69, 9.17) is 0 Å². The van der Waals surface area contributed by atoms with Crippen molar-refractivity contribution in [3.8, 4) is 0 Å². The third kappa shape index (κ3) is 1.28. The van der Waals surface area contributed by atoms with E-state index >= 15 is 0 Å². The summed E-state index contributed by atoms with van der Waals surface area (Å²) in [5.41, 5.74) is 4.84. The van der Waals surface area contributed by atoms with Gasteiger partial charge in [0, 0.05) is 12.7 Å². The maximum absolute atomic E-state index is 4.59. The largest absolute Gasteiger partial charge is 0.387 e. The van der Waals surface area contributed by atoms with E-state index in [9.17, 15) is 0 Å². The third-order valence-electron chi connectivity index (χ3n) is 2.50. The molecule has 0 spiro atoms. The smallest absolute Gasteiger partial charge is 0.0834 e. The average Bonchev–Trinajstić information content (AvgIpc) is 2.62. The fourth-order valence-corrected chi connectivity index (χ4v) is 2.75. The zero-order valence-electron chi connectivity index (χ0n) is 8.72. The van der Waals surface area contributed by atoms with Crippen molar-refractivity contribution in [2.45, 2.75) is 20.3 Å². The van der Waals surface area contributed by atoms with Crippen molar-refractivity contribution in [1.29, 1.82) is 0 Å². The lowest BCUT2D eigenvalue weighted by Crippen LogP contribution is -1.99. The van der Waals surface area contributed by atoms with Gasteiger partial charge in [-0.05, 0) is 30.4 Å². The van der Waals surface area contributed by atoms with Crippen LogP contribution in [0.1, 0.15) is 18.2 Å². The predicted molar refractivity (Wildman–Crippen MR) is 63.3 cm³/mol. The van der Waals surface area contributed by atoms with Crippen LogP contribution in [0.3, 0.4) is 0 Å². The molecular weight excluding hydrogens is 192 g/mol. The van der Waals surface area contributed by atoms with Crippen LogP contribution in [0.15, 0.2) is 11.4 Å². The van der Waals surface area contributed by atoms with Crippen LogP contribution in [0.5, 0.6) is 0 Å². The molecule has 0 aromatic carbocycles. The normalized spacial score (nSPS) is 10.8. The summed E-state index contributed by atoms with van der Waals surface area (Å²) in [6.07, 6.45) is 1.03. The van der Waals surface area contributed by atoms with Gasteiger partial charge in [0.1, 0.15) is 0 Å². The summed E-state index contributed by atoms with van der Waals surface area (Å²) in [5.74, 6) is 0. The highest BCUT2D eigenvalue weighted by molar-refractivity contribution is 7.17. The first-order valence-electron chi connectivity index (χ1n) is 4.82. The first kappa shape index (κ1) is 9.46. The Bertz CT molecular complexity index is 460. The second-order valence-corrected chi connectivity index (χ2v) is 4.21. The Morgan fingerprint density at radius 1 is 1.50 bits per heavy atom. The minimum absolute atomic E-state index is 1.03. The van der Waals surface area contributed by atoms with Crippen LogP contribution in [-0.4, -0.2) is 12.0 Å². The van der Waals surface area contributed by atoms with Crippen molar-refractivity contribution in [2.24, 2.45) is 0 Å². The van der Waals surface area contributed by atoms with Gasteiger partial charge in [-0.3, -0.25) is 4.98 Å². The maximum atomic E-state index is 4.59. The van der Waals surface area contributed by atoms with E-state index in [0.29, 0.717) is 0 Å². The van der Waals surface area contributed by atoms with Gasteiger partial charge in [-0.2, -0.15) is 0 Å². The number of pyridine rings is 1. The number of fused-ring (bicyclic) bond motifs is 1. The molecule has 2 aromatic heterocycles. The lowest BCUT2D eigenvalue weighted by molar-refractivity contribution is 1.07. The van der Waals surface area contributed by atoms with E-state index in [-0.39, 0.29) is 0 Å². The van der Waals surface area contributed by atoms with Crippen LogP contribution in [0, 0.1) is 6.92 Å². The van der Waals surface area contributed by atoms with Gasteiger partial charge in [0.05, 0.1) is 15.9 Å². The number of nitrogens with zero attached hydrogens (tertiary/aromatic N) is 1. The highest BCUT2D eigenvalue weighted by atomic mass is 32.1. The van der Waals surface area contributed by atoms with E-state index < -0.39 is 0 Å². The number of hydrogen-bond acceptors (Lipinski definition) is 3. The second kappa shape index (κ2) is 3.58. The molecule has 2 nitrogen and oxygen atoms in total. The average molecular weight is 206 g/mol. The van der Waals surface area contributed by atoms with Gasteiger partial charge in [-0.1, -0.05) is 6.92 Å². The Morgan fingerprint density at radius 3 is 2.93 bits per heavy atom. The molecule has 0 aliphatic heterocycles.